The molecule has 1 aliphatic heterocycles. The first-order valence-electron chi connectivity index (χ1n) is 9.96. The number of fused-ring (bicyclic) bond motifs is 1. The van der Waals surface area contributed by atoms with Crippen LogP contribution in [0.1, 0.15) is 46.1 Å². The van der Waals surface area contributed by atoms with Gasteiger partial charge in [0.05, 0.1) is 29.7 Å². The zero-order valence-electron chi connectivity index (χ0n) is 16.8. The number of carboxylic acid groups (broad SMARTS) is 1. The van der Waals surface area contributed by atoms with E-state index in [4.69, 9.17) is 0 Å². The smallest absolute Gasteiger partial charge is 0.411 e. The first-order chi connectivity index (χ1) is 13.8. The number of anilines is 2. The van der Waals surface area contributed by atoms with E-state index < -0.39 is 11.9 Å². The number of halogens is 1. The van der Waals surface area contributed by atoms with Gasteiger partial charge >= 0.3 is 6.09 Å². The van der Waals surface area contributed by atoms with Crippen LogP contribution in [0.5, 0.6) is 0 Å². The van der Waals surface area contributed by atoms with E-state index in [0.717, 1.165) is 12.8 Å². The van der Waals surface area contributed by atoms with Crippen molar-refractivity contribution in [3.8, 4) is 11.1 Å². The van der Waals surface area contributed by atoms with Crippen LogP contribution >= 0.6 is 0 Å². The van der Waals surface area contributed by atoms with E-state index in [1.165, 1.54) is 21.9 Å². The maximum Gasteiger partial charge on any atom is 0.411 e. The molecule has 2 amide bonds. The Morgan fingerprint density at radius 2 is 2.00 bits per heavy atom. The summed E-state index contributed by atoms with van der Waals surface area (Å²) < 4.78 is 16.9. The molecule has 1 atom stereocenters. The molecule has 0 radical (unpaired) electrons. The quantitative estimate of drug-likeness (QED) is 0.830. The number of carbonyl (C=O) groups is 2. The van der Waals surface area contributed by atoms with Crippen LogP contribution in [0.25, 0.3) is 11.1 Å². The summed E-state index contributed by atoms with van der Waals surface area (Å²) in [6.45, 7) is 5.80. The largest absolute Gasteiger partial charge is 0.465 e. The predicted molar refractivity (Wildman–Crippen MR) is 108 cm³/mol. The van der Waals surface area contributed by atoms with Crippen molar-refractivity contribution in [3.63, 3.8) is 0 Å². The molecule has 2 aliphatic rings. The molecule has 1 aliphatic carbocycles. The molecule has 1 aromatic carbocycles. The topological polar surface area (TPSA) is 78.7 Å². The highest BCUT2D eigenvalue weighted by Crippen LogP contribution is 2.41. The molecule has 1 fully saturated rings. The Balaban J connectivity index is 1.80. The Kier molecular flexibility index (Phi) is 4.80. The zero-order chi connectivity index (χ0) is 20.9. The van der Waals surface area contributed by atoms with Crippen molar-refractivity contribution in [1.29, 1.82) is 0 Å². The molecule has 7 nitrogen and oxygen atoms in total. The van der Waals surface area contributed by atoms with Gasteiger partial charge in [-0.3, -0.25) is 14.4 Å². The predicted octanol–water partition coefficient (Wildman–Crippen LogP) is 4.29. The first kappa shape index (κ1) is 19.4. The minimum atomic E-state index is -1.12. The second-order valence-corrected chi connectivity index (χ2v) is 8.36. The summed E-state index contributed by atoms with van der Waals surface area (Å²) in [5, 5.41) is 14.0. The second-order valence-electron chi connectivity index (χ2n) is 8.36. The van der Waals surface area contributed by atoms with Crippen LogP contribution in [0.2, 0.25) is 0 Å². The molecule has 29 heavy (non-hydrogen) atoms. The number of hydrogen-bond acceptors (Lipinski definition) is 3. The fourth-order valence-corrected chi connectivity index (χ4v) is 3.89. The molecule has 0 spiro atoms. The van der Waals surface area contributed by atoms with Crippen LogP contribution in [-0.2, 0) is 4.79 Å². The van der Waals surface area contributed by atoms with Gasteiger partial charge in [-0.05, 0) is 31.7 Å². The minimum absolute atomic E-state index is 0.132. The summed E-state index contributed by atoms with van der Waals surface area (Å²) in [7, 11) is 0. The van der Waals surface area contributed by atoms with E-state index in [1.807, 2.05) is 18.5 Å². The normalized spacial score (nSPS) is 18.9. The van der Waals surface area contributed by atoms with Crippen molar-refractivity contribution >= 4 is 23.4 Å². The van der Waals surface area contributed by atoms with Gasteiger partial charge in [-0.25, -0.2) is 9.18 Å². The van der Waals surface area contributed by atoms with Crippen molar-refractivity contribution in [2.75, 3.05) is 16.3 Å². The molecular weight excluding hydrogens is 375 g/mol. The molecule has 1 N–H and O–H groups in total. The fourth-order valence-electron chi connectivity index (χ4n) is 3.89. The summed E-state index contributed by atoms with van der Waals surface area (Å²) in [5.74, 6) is -0.485. The summed E-state index contributed by atoms with van der Waals surface area (Å²) in [4.78, 5) is 27.4. The number of carbonyl (C=O) groups excluding carboxylic acids is 1. The standard InChI is InChI=1S/C21H25FN4O3/c1-12(2)6-20(27)26-13(3)10-24(21(28)29)18-7-16(17(22)8-19(18)26)14-9-23-25(11-14)15-4-5-15/h7-9,11-13,15H,4-6,10H2,1-3H3,(H,28,29). The second kappa shape index (κ2) is 7.17. The van der Waals surface area contributed by atoms with Crippen LogP contribution in [0.3, 0.4) is 0 Å². The van der Waals surface area contributed by atoms with E-state index in [0.29, 0.717) is 29.4 Å². The third kappa shape index (κ3) is 3.59. The lowest BCUT2D eigenvalue weighted by atomic mass is 10.0. The molecule has 1 saturated carbocycles. The number of amides is 2. The van der Waals surface area contributed by atoms with Gasteiger partial charge in [0.25, 0.3) is 0 Å². The van der Waals surface area contributed by atoms with Crippen molar-refractivity contribution in [3.05, 3.63) is 30.3 Å². The van der Waals surface area contributed by atoms with E-state index in [-0.39, 0.29) is 30.0 Å². The van der Waals surface area contributed by atoms with Gasteiger partial charge in [0.2, 0.25) is 5.91 Å². The summed E-state index contributed by atoms with van der Waals surface area (Å²) in [6, 6.07) is 2.79. The van der Waals surface area contributed by atoms with Crippen LogP contribution in [0.15, 0.2) is 24.5 Å². The van der Waals surface area contributed by atoms with Crippen LogP contribution < -0.4 is 9.80 Å². The highest BCUT2D eigenvalue weighted by molar-refractivity contribution is 6.03. The summed E-state index contributed by atoms with van der Waals surface area (Å²) >= 11 is 0. The van der Waals surface area contributed by atoms with E-state index in [2.05, 4.69) is 5.10 Å². The van der Waals surface area contributed by atoms with Crippen molar-refractivity contribution in [2.24, 2.45) is 5.92 Å². The molecule has 2 aromatic rings. The number of nitrogens with zero attached hydrogens (tertiary/aromatic N) is 4. The van der Waals surface area contributed by atoms with E-state index in [9.17, 15) is 14.7 Å². The molecule has 0 bridgehead atoms. The Hall–Kier alpha value is -2.90. The maximum atomic E-state index is 15.1. The Bertz CT molecular complexity index is 967. The average molecular weight is 400 g/mol. The SMILES string of the molecule is CC(C)CC(=O)N1c2cc(F)c(-c3cnn(C4CC4)c3)cc2N(C(=O)O)CC1C. The van der Waals surface area contributed by atoms with Crippen LogP contribution in [-0.4, -0.2) is 39.5 Å². The van der Waals surface area contributed by atoms with Gasteiger partial charge < -0.3 is 10.0 Å². The Morgan fingerprint density at radius 1 is 1.28 bits per heavy atom. The van der Waals surface area contributed by atoms with E-state index in [1.54, 1.807) is 19.3 Å². The van der Waals surface area contributed by atoms with Crippen molar-refractivity contribution < 1.29 is 19.1 Å². The molecule has 1 aromatic heterocycles. The summed E-state index contributed by atoms with van der Waals surface area (Å²) in [5.41, 5.74) is 1.50. The molecule has 154 valence electrons. The molecule has 1 unspecified atom stereocenters. The van der Waals surface area contributed by atoms with E-state index >= 15 is 4.39 Å². The number of hydrogen-bond donors (Lipinski definition) is 1. The third-order valence-corrected chi connectivity index (χ3v) is 5.42. The third-order valence-electron chi connectivity index (χ3n) is 5.42. The van der Waals surface area contributed by atoms with Gasteiger partial charge in [0.1, 0.15) is 5.82 Å². The highest BCUT2D eigenvalue weighted by atomic mass is 19.1. The Labute approximate surface area is 168 Å². The minimum Gasteiger partial charge on any atom is -0.465 e. The van der Waals surface area contributed by atoms with Crippen LogP contribution in [0.4, 0.5) is 20.6 Å². The monoisotopic (exact) mass is 400 g/mol. The van der Waals surface area contributed by atoms with Gasteiger partial charge in [0.15, 0.2) is 0 Å². The lowest BCUT2D eigenvalue weighted by Crippen LogP contribution is -2.52. The van der Waals surface area contributed by atoms with Gasteiger partial charge in [0, 0.05) is 36.4 Å². The molecular formula is C21H25FN4O3. The van der Waals surface area contributed by atoms with Gasteiger partial charge in [-0.15, -0.1) is 0 Å². The molecule has 0 saturated heterocycles. The highest BCUT2D eigenvalue weighted by Gasteiger charge is 2.36. The molecule has 8 heteroatoms. The average Bonchev–Trinajstić information content (AvgIpc) is 3.37. The first-order valence-corrected chi connectivity index (χ1v) is 9.96. The lowest BCUT2D eigenvalue weighted by Gasteiger charge is -2.40. The zero-order valence-corrected chi connectivity index (χ0v) is 16.8. The fraction of sp³-hybridized carbons (Fsp3) is 0.476. The van der Waals surface area contributed by atoms with Crippen molar-refractivity contribution in [2.45, 2.75) is 52.1 Å². The molecule has 4 rings (SSSR count). The molecule has 2 heterocycles. The van der Waals surface area contributed by atoms with Crippen molar-refractivity contribution in [1.82, 2.24) is 9.78 Å². The van der Waals surface area contributed by atoms with Gasteiger partial charge in [-0.1, -0.05) is 13.8 Å². The van der Waals surface area contributed by atoms with Gasteiger partial charge in [-0.2, -0.15) is 5.10 Å². The number of rotatable bonds is 4. The van der Waals surface area contributed by atoms with Crippen LogP contribution in [0, 0.1) is 11.7 Å². The Morgan fingerprint density at radius 3 is 2.62 bits per heavy atom. The number of benzene rings is 1. The lowest BCUT2D eigenvalue weighted by molar-refractivity contribution is -0.119. The summed E-state index contributed by atoms with van der Waals surface area (Å²) in [6.07, 6.45) is 4.70. The number of aromatic nitrogens is 2. The maximum absolute atomic E-state index is 15.1.